The van der Waals surface area contributed by atoms with Gasteiger partial charge in [-0.1, -0.05) is 84.9 Å². The molecule has 2 fully saturated rings. The second kappa shape index (κ2) is 21.1. The SMILES string of the molecule is CNC(=O)c1ccc(CN(C)[C@@H]2C[C@H]3O[C@@](C)([C@@H]2OC)n2c4ccccc4c4c5c(c6c7ccccc7n3c6c42)C(=O)CC5)cc1.C[N-][C@@H]1C[C@H]2O[C@@](C)([C@@H]1OC)n1c3ccccc3c3c4c(c5c6ccccc6n2c5c31)C(=O)NC4.[CH2-]C(=O)NC.[Y]. The fraction of sp³-hybridized carbons (Fsp3) is 0.319. The molecule has 9 heterocycles. The molecule has 4 bridgehead atoms. The summed E-state index contributed by atoms with van der Waals surface area (Å²) in [6.07, 6.45) is 1.57. The zero-order valence-corrected chi connectivity index (χ0v) is 52.8. The number of aromatic nitrogens is 4. The Morgan fingerprint density at radius 1 is 0.655 bits per heavy atom. The van der Waals surface area contributed by atoms with Gasteiger partial charge in [0, 0.05) is 147 Å². The number of para-hydroxylation sites is 4. The first-order valence-corrected chi connectivity index (χ1v) is 29.6. The second-order valence-corrected chi connectivity index (χ2v) is 24.0. The number of methoxy groups -OCH3 is 2. The van der Waals surface area contributed by atoms with Crippen LogP contribution in [0.15, 0.2) is 121 Å². The number of amides is 3. The number of ether oxygens (including phenoxy) is 4. The van der Waals surface area contributed by atoms with E-state index in [4.69, 9.17) is 24.3 Å². The molecule has 0 unspecified atom stereocenters. The van der Waals surface area contributed by atoms with Gasteiger partial charge in [0.15, 0.2) is 17.2 Å². The molecule has 2 saturated heterocycles. The topological polar surface area (TPSA) is 178 Å². The number of rotatable bonds is 7. The van der Waals surface area contributed by atoms with E-state index in [2.05, 4.69) is 158 Å². The summed E-state index contributed by atoms with van der Waals surface area (Å²) < 4.78 is 36.4. The summed E-state index contributed by atoms with van der Waals surface area (Å²) in [6, 6.07) is 41.6. The number of carbonyl (C=O) groups is 4. The first-order chi connectivity index (χ1) is 41.7. The number of benzene rings is 7. The summed E-state index contributed by atoms with van der Waals surface area (Å²) in [6.45, 7) is 8.52. The van der Waals surface area contributed by atoms with Crippen LogP contribution >= 0.6 is 0 Å². The number of carbonyl (C=O) groups excluding carboxylic acids is 4. The zero-order valence-electron chi connectivity index (χ0n) is 50.0. The molecule has 0 spiro atoms. The van der Waals surface area contributed by atoms with Gasteiger partial charge in [-0.15, -0.1) is 6.04 Å². The molecule has 18 heteroatoms. The second-order valence-electron chi connectivity index (χ2n) is 24.0. The summed E-state index contributed by atoms with van der Waals surface area (Å²) >= 11 is 0. The summed E-state index contributed by atoms with van der Waals surface area (Å²) in [5.41, 5.74) is 12.7. The van der Waals surface area contributed by atoms with Gasteiger partial charge in [-0.05, 0) is 86.8 Å². The molecule has 17 rings (SSSR count). The fourth-order valence-electron chi connectivity index (χ4n) is 16.3. The molecule has 1 aliphatic carbocycles. The van der Waals surface area contributed by atoms with Crippen LogP contribution in [0.5, 0.6) is 0 Å². The average molecular weight is 1240 g/mol. The molecular formula is C69H67N9O8Y-2. The van der Waals surface area contributed by atoms with Gasteiger partial charge in [0.2, 0.25) is 0 Å². The Morgan fingerprint density at radius 3 is 1.66 bits per heavy atom. The molecule has 11 aromatic rings. The standard InChI is InChI=1S/C38H36N4O4.C28H25N4O3.C3H6NO.Y/c1-38-36(45-4)28(40(3)20-21-13-15-22(16-14-21)37(44)39-2)19-30(46-38)41-26-11-7-5-9-23(26)33-32-25(17-18-29(32)43)31-24-10-6-8-12-27(24)42(38)35(31)34(33)41;1-28-26(34-3)17(29-2)12-20(35-28)31-18-10-6-4-8-14(18)22-23-16(13-30-27(23)33)21-15-9-5-7-11-19(15)32(28)25(21)24(22)31;1-3(5)4-2;/h5-16,28,30,36H,17-20H2,1-4H3,(H,39,44);4-11,17,20,26H,12-13H2,1-3H3,(H,30,33);1H2,2H3,(H,4,5);/q;2*-1;/t28-,30-,36-,38+;17-,20-,26-,28+;;/m11../s1. The van der Waals surface area contributed by atoms with Gasteiger partial charge in [0.05, 0.1) is 61.7 Å². The van der Waals surface area contributed by atoms with Crippen LogP contribution in [0.4, 0.5) is 0 Å². The fourth-order valence-corrected chi connectivity index (χ4v) is 16.3. The van der Waals surface area contributed by atoms with E-state index < -0.39 is 11.4 Å². The molecule has 3 amide bonds. The number of fused-ring (bicyclic) bond motifs is 26. The third kappa shape index (κ3) is 7.96. The first kappa shape index (κ1) is 57.3. The molecule has 7 aromatic carbocycles. The number of nitrogens with one attached hydrogen (secondary N) is 3. The molecule has 4 aromatic heterocycles. The molecule has 17 nitrogen and oxygen atoms in total. The van der Waals surface area contributed by atoms with Gasteiger partial charge >= 0.3 is 0 Å². The van der Waals surface area contributed by atoms with Crippen molar-refractivity contribution in [1.82, 2.24) is 39.1 Å². The van der Waals surface area contributed by atoms with Gasteiger partial charge < -0.3 is 70.2 Å². The van der Waals surface area contributed by atoms with Crippen LogP contribution in [0.3, 0.4) is 0 Å². The number of likely N-dealkylation sites (N-methyl/N-ethyl adjacent to an activating group) is 2. The molecule has 87 heavy (non-hydrogen) atoms. The molecule has 8 atom stereocenters. The molecule has 441 valence electrons. The molecule has 3 N–H and O–H groups in total. The van der Waals surface area contributed by atoms with E-state index in [1.807, 2.05) is 37.4 Å². The van der Waals surface area contributed by atoms with Crippen molar-refractivity contribution >= 4 is 111 Å². The van der Waals surface area contributed by atoms with E-state index in [9.17, 15) is 19.2 Å². The van der Waals surface area contributed by atoms with Crippen molar-refractivity contribution in [3.05, 3.63) is 167 Å². The molecule has 1 radical (unpaired) electrons. The smallest absolute Gasteiger partial charge is 0.252 e. The normalized spacial score (nSPS) is 23.9. The van der Waals surface area contributed by atoms with E-state index in [1.54, 1.807) is 21.3 Å². The predicted molar refractivity (Wildman–Crippen MR) is 335 cm³/mol. The third-order valence-corrected chi connectivity index (χ3v) is 19.7. The minimum Gasteiger partial charge on any atom is -0.660 e. The maximum Gasteiger partial charge on any atom is 0.252 e. The number of nitrogens with zero attached hydrogens (tertiary/aromatic N) is 6. The van der Waals surface area contributed by atoms with Crippen molar-refractivity contribution in [2.45, 2.75) is 101 Å². The quantitative estimate of drug-likeness (QED) is 0.131. The zero-order chi connectivity index (χ0) is 59.4. The van der Waals surface area contributed by atoms with Crippen LogP contribution in [0.2, 0.25) is 0 Å². The Hall–Kier alpha value is -7.45. The Kier molecular flexibility index (Phi) is 13.9. The number of hydrogen-bond donors (Lipinski definition) is 3. The number of aryl methyl sites for hydroxylation is 1. The molecule has 6 aliphatic rings. The Labute approximate surface area is 527 Å². The summed E-state index contributed by atoms with van der Waals surface area (Å²) in [5, 5.41) is 21.7. The summed E-state index contributed by atoms with van der Waals surface area (Å²) in [5.74, 6) is -0.114. The van der Waals surface area contributed by atoms with Crippen molar-refractivity contribution < 1.29 is 70.8 Å². The van der Waals surface area contributed by atoms with Crippen LogP contribution in [0.25, 0.3) is 92.5 Å². The Morgan fingerprint density at radius 2 is 1.14 bits per heavy atom. The summed E-state index contributed by atoms with van der Waals surface area (Å²) in [7, 11) is 10.7. The van der Waals surface area contributed by atoms with Gasteiger partial charge in [-0.3, -0.25) is 19.3 Å². The monoisotopic (exact) mass is 1240 g/mol. The van der Waals surface area contributed by atoms with Crippen LogP contribution in [-0.2, 0) is 87.4 Å². The maximum absolute atomic E-state index is 13.7. The molecule has 0 saturated carbocycles. The van der Waals surface area contributed by atoms with E-state index >= 15 is 0 Å². The molecule has 5 aliphatic heterocycles. The van der Waals surface area contributed by atoms with Gasteiger partial charge in [0.25, 0.3) is 11.8 Å². The van der Waals surface area contributed by atoms with Gasteiger partial charge in [-0.25, -0.2) is 0 Å². The van der Waals surface area contributed by atoms with Gasteiger partial charge in [0.1, 0.15) is 18.6 Å². The average Bonchev–Trinajstić information content (AvgIpc) is 1.52. The first-order valence-electron chi connectivity index (χ1n) is 29.6. The van der Waals surface area contributed by atoms with Crippen LogP contribution in [-0.4, -0.2) is 113 Å². The minimum absolute atomic E-state index is 0. The van der Waals surface area contributed by atoms with E-state index in [-0.39, 0.29) is 93.0 Å². The van der Waals surface area contributed by atoms with Crippen molar-refractivity contribution in [3.63, 3.8) is 0 Å². The maximum atomic E-state index is 13.7. The Balaban J connectivity index is 0.000000145. The number of ketones is 1. The summed E-state index contributed by atoms with van der Waals surface area (Å²) in [4.78, 5) is 51.1. The van der Waals surface area contributed by atoms with E-state index in [1.165, 1.54) is 12.4 Å². The third-order valence-electron chi connectivity index (χ3n) is 19.7. The van der Waals surface area contributed by atoms with Crippen LogP contribution < -0.4 is 16.0 Å². The Bertz CT molecular complexity index is 4730. The minimum atomic E-state index is -0.856. The largest absolute Gasteiger partial charge is 0.660 e. The van der Waals surface area contributed by atoms with E-state index in [0.717, 1.165) is 116 Å². The van der Waals surface area contributed by atoms with E-state index in [0.29, 0.717) is 37.9 Å². The van der Waals surface area contributed by atoms with Crippen molar-refractivity contribution in [2.75, 3.05) is 42.4 Å². The van der Waals surface area contributed by atoms with Crippen LogP contribution in [0.1, 0.15) is 93.3 Å². The predicted octanol–water partition coefficient (Wildman–Crippen LogP) is 11.2. The van der Waals surface area contributed by atoms with Crippen molar-refractivity contribution in [3.8, 4) is 0 Å². The van der Waals surface area contributed by atoms with Crippen LogP contribution in [0, 0.1) is 6.92 Å². The van der Waals surface area contributed by atoms with Crippen molar-refractivity contribution in [2.24, 2.45) is 0 Å². The number of Topliss-reactive ketones (excluding diaryl/α,β-unsaturated/α-hetero) is 1. The number of hydrogen-bond acceptors (Lipinski definition) is 9. The van der Waals surface area contributed by atoms with Crippen molar-refractivity contribution in [1.29, 1.82) is 0 Å². The van der Waals surface area contributed by atoms with Gasteiger partial charge in [-0.2, -0.15) is 7.05 Å². The molecular weight excluding hydrogens is 1170 g/mol.